The van der Waals surface area contributed by atoms with Crippen LogP contribution in [0, 0.1) is 5.92 Å². The molecule has 2 rings (SSSR count). The number of carbonyl (C=O) groups is 1. The summed E-state index contributed by atoms with van der Waals surface area (Å²) in [5.74, 6) is -0.822. The number of aliphatic hydroxyl groups is 4. The van der Waals surface area contributed by atoms with E-state index in [1.807, 2.05) is 0 Å². The molecule has 5 unspecified atom stereocenters. The molecule has 25 heavy (non-hydrogen) atoms. The summed E-state index contributed by atoms with van der Waals surface area (Å²) in [5.41, 5.74) is 0.512. The van der Waals surface area contributed by atoms with Crippen molar-refractivity contribution in [3.63, 3.8) is 0 Å². The topological polar surface area (TPSA) is 150 Å². The van der Waals surface area contributed by atoms with Crippen LogP contribution in [0.15, 0.2) is 24.3 Å². The van der Waals surface area contributed by atoms with Crippen LogP contribution in [0.4, 0.5) is 5.69 Å². The standard InChI is InChI=1S/C15H22AsNO7S/c18-6-8-5-11(14(21)15(22)13(8)20)25-7-12(19)17-10-3-1-9(2-4-10)16(23)24/h1-4,8,11,13-15,18,20-24H,5-7H2,(H,17,19). The molecule has 140 valence electrons. The second-order valence-corrected chi connectivity index (χ2v) is 9.41. The van der Waals surface area contributed by atoms with Crippen molar-refractivity contribution in [1.29, 1.82) is 0 Å². The summed E-state index contributed by atoms with van der Waals surface area (Å²) >= 11 is -1.77. The summed E-state index contributed by atoms with van der Waals surface area (Å²) in [7, 11) is 0. The van der Waals surface area contributed by atoms with Crippen LogP contribution < -0.4 is 9.67 Å². The number of rotatable bonds is 6. The van der Waals surface area contributed by atoms with Crippen LogP contribution in [-0.2, 0) is 4.79 Å². The van der Waals surface area contributed by atoms with Gasteiger partial charge in [0.05, 0.1) is 0 Å². The summed E-state index contributed by atoms with van der Waals surface area (Å²) in [5, 5.41) is 41.0. The number of thioether (sulfide) groups is 1. The molecule has 1 fully saturated rings. The Balaban J connectivity index is 1.86. The number of carbonyl (C=O) groups excluding carboxylic acids is 1. The van der Waals surface area contributed by atoms with Gasteiger partial charge in [-0.05, 0) is 0 Å². The van der Waals surface area contributed by atoms with Crippen LogP contribution in [0.25, 0.3) is 0 Å². The summed E-state index contributed by atoms with van der Waals surface area (Å²) in [4.78, 5) is 12.0. The first-order valence-electron chi connectivity index (χ1n) is 7.68. The molecule has 1 aliphatic rings. The Morgan fingerprint density at radius 3 is 2.32 bits per heavy atom. The first-order chi connectivity index (χ1) is 11.8. The van der Waals surface area contributed by atoms with Crippen LogP contribution in [-0.4, -0.2) is 85.8 Å². The molecule has 0 radical (unpaired) electrons. The van der Waals surface area contributed by atoms with Crippen LogP contribution in [0.5, 0.6) is 0 Å². The number of benzene rings is 1. The van der Waals surface area contributed by atoms with Gasteiger partial charge in [0.1, 0.15) is 0 Å². The minimum absolute atomic E-state index is 0.0300. The zero-order valence-corrected chi connectivity index (χ0v) is 16.0. The molecule has 1 aromatic rings. The Labute approximate surface area is 154 Å². The van der Waals surface area contributed by atoms with Gasteiger partial charge in [-0.15, -0.1) is 0 Å². The zero-order valence-electron chi connectivity index (χ0n) is 13.3. The van der Waals surface area contributed by atoms with Crippen LogP contribution in [0.2, 0.25) is 0 Å². The van der Waals surface area contributed by atoms with Crippen molar-refractivity contribution in [3.8, 4) is 0 Å². The molecule has 8 nitrogen and oxygen atoms in total. The van der Waals surface area contributed by atoms with Gasteiger partial charge in [0.2, 0.25) is 0 Å². The van der Waals surface area contributed by atoms with Gasteiger partial charge < -0.3 is 10.2 Å². The fraction of sp³-hybridized carbons (Fsp3) is 0.533. The Hall–Kier alpha value is -0.642. The van der Waals surface area contributed by atoms with Gasteiger partial charge in [-0.1, -0.05) is 0 Å². The van der Waals surface area contributed by atoms with Crippen LogP contribution in [0.1, 0.15) is 6.42 Å². The predicted molar refractivity (Wildman–Crippen MR) is 94.4 cm³/mol. The first kappa shape index (κ1) is 20.7. The van der Waals surface area contributed by atoms with Crippen molar-refractivity contribution >= 4 is 43.0 Å². The average molecular weight is 435 g/mol. The quantitative estimate of drug-likeness (QED) is 0.243. The normalized spacial score (nSPS) is 29.6. The van der Waals surface area contributed by atoms with E-state index in [4.69, 9.17) is 8.19 Å². The molecule has 7 N–H and O–H groups in total. The monoisotopic (exact) mass is 435 g/mol. The van der Waals surface area contributed by atoms with E-state index in [0.29, 0.717) is 16.5 Å². The van der Waals surface area contributed by atoms with Gasteiger partial charge >= 0.3 is 144 Å². The number of aliphatic hydroxyl groups excluding tert-OH is 4. The van der Waals surface area contributed by atoms with Crippen molar-refractivity contribution in [2.75, 3.05) is 17.7 Å². The fourth-order valence-electron chi connectivity index (χ4n) is 2.69. The van der Waals surface area contributed by atoms with Crippen LogP contribution in [0.3, 0.4) is 0 Å². The number of amides is 1. The van der Waals surface area contributed by atoms with Crippen LogP contribution >= 0.6 is 11.8 Å². The SMILES string of the molecule is O=C(CSC1CC(CO)C(O)C(O)C1O)Nc1ccc([As](O)O)cc1. The second-order valence-electron chi connectivity index (χ2n) is 5.88. The van der Waals surface area contributed by atoms with E-state index < -0.39 is 44.8 Å². The van der Waals surface area contributed by atoms with E-state index in [0.717, 1.165) is 11.8 Å². The molecular formula is C15H22AsNO7S. The van der Waals surface area contributed by atoms with Crippen molar-refractivity contribution in [3.05, 3.63) is 24.3 Å². The van der Waals surface area contributed by atoms with E-state index in [1.165, 1.54) is 12.1 Å². The Kier molecular flexibility index (Phi) is 7.72. The number of hydrogen-bond donors (Lipinski definition) is 7. The third kappa shape index (κ3) is 5.42. The van der Waals surface area contributed by atoms with Crippen molar-refractivity contribution in [2.24, 2.45) is 5.92 Å². The van der Waals surface area contributed by atoms with Gasteiger partial charge in [0.25, 0.3) is 0 Å². The molecular weight excluding hydrogens is 413 g/mol. The first-order valence-corrected chi connectivity index (χ1v) is 11.3. The maximum absolute atomic E-state index is 12.0. The molecule has 0 aromatic heterocycles. The molecule has 0 heterocycles. The van der Waals surface area contributed by atoms with E-state index in [2.05, 4.69) is 5.32 Å². The zero-order chi connectivity index (χ0) is 18.6. The van der Waals surface area contributed by atoms with Crippen molar-refractivity contribution < 1.29 is 33.4 Å². The maximum atomic E-state index is 12.0. The summed E-state index contributed by atoms with van der Waals surface area (Å²) in [6.07, 6.45) is -3.42. The molecule has 0 saturated heterocycles. The van der Waals surface area contributed by atoms with E-state index in [1.54, 1.807) is 12.1 Å². The Morgan fingerprint density at radius 1 is 1.12 bits per heavy atom. The third-order valence-electron chi connectivity index (χ3n) is 4.14. The van der Waals surface area contributed by atoms with E-state index >= 15 is 0 Å². The third-order valence-corrected chi connectivity index (χ3v) is 7.07. The number of hydrogen-bond acceptors (Lipinski definition) is 8. The Bertz CT molecular complexity index is 572. The molecule has 1 amide bonds. The minimum atomic E-state index is -2.92. The Morgan fingerprint density at radius 2 is 1.76 bits per heavy atom. The molecule has 1 aliphatic carbocycles. The van der Waals surface area contributed by atoms with E-state index in [9.17, 15) is 25.2 Å². The van der Waals surface area contributed by atoms with Gasteiger partial charge in [-0.2, -0.15) is 0 Å². The van der Waals surface area contributed by atoms with E-state index in [-0.39, 0.29) is 18.3 Å². The van der Waals surface area contributed by atoms with Crippen molar-refractivity contribution in [2.45, 2.75) is 30.0 Å². The fourth-order valence-corrected chi connectivity index (χ4v) is 4.74. The molecule has 0 spiro atoms. The van der Waals surface area contributed by atoms with Gasteiger partial charge in [0, 0.05) is 0 Å². The van der Waals surface area contributed by atoms with Crippen molar-refractivity contribution in [1.82, 2.24) is 0 Å². The summed E-state index contributed by atoms with van der Waals surface area (Å²) < 4.78 is 18.8. The number of anilines is 1. The molecule has 1 aromatic carbocycles. The molecule has 0 aliphatic heterocycles. The molecule has 0 bridgehead atoms. The average Bonchev–Trinajstić information content (AvgIpc) is 2.59. The molecule has 1 saturated carbocycles. The molecule has 5 atom stereocenters. The summed E-state index contributed by atoms with van der Waals surface area (Å²) in [6.45, 7) is -0.305. The predicted octanol–water partition coefficient (Wildman–Crippen LogP) is -2.50. The number of nitrogens with one attached hydrogen (secondary N) is 1. The van der Waals surface area contributed by atoms with Gasteiger partial charge in [-0.25, -0.2) is 0 Å². The van der Waals surface area contributed by atoms with Gasteiger partial charge in [0.15, 0.2) is 0 Å². The van der Waals surface area contributed by atoms with Gasteiger partial charge in [-0.3, -0.25) is 0 Å². The molecule has 10 heteroatoms. The second kappa shape index (κ2) is 9.34. The summed E-state index contributed by atoms with van der Waals surface area (Å²) in [6, 6.07) is 6.22.